The zero-order valence-corrected chi connectivity index (χ0v) is 15.3. The maximum absolute atomic E-state index is 14.4. The summed E-state index contributed by atoms with van der Waals surface area (Å²) in [6.07, 6.45) is 6.43. The molecule has 5 rings (SSSR count). The highest BCUT2D eigenvalue weighted by Crippen LogP contribution is 2.34. The van der Waals surface area contributed by atoms with Crippen molar-refractivity contribution in [3.8, 4) is 0 Å². The molecule has 0 bridgehead atoms. The Morgan fingerprint density at radius 2 is 1.96 bits per heavy atom. The van der Waals surface area contributed by atoms with Crippen LogP contribution in [-0.4, -0.2) is 19.7 Å². The van der Waals surface area contributed by atoms with Crippen molar-refractivity contribution >= 4 is 16.7 Å². The fraction of sp³-hybridized carbons (Fsp3) is 0.227. The summed E-state index contributed by atoms with van der Waals surface area (Å²) < 4.78 is 16.5. The van der Waals surface area contributed by atoms with Gasteiger partial charge in [0.25, 0.3) is 0 Å². The van der Waals surface area contributed by atoms with E-state index >= 15 is 0 Å². The van der Waals surface area contributed by atoms with Crippen molar-refractivity contribution in [2.75, 3.05) is 5.32 Å². The molecule has 5 nitrogen and oxygen atoms in total. The largest absolute Gasteiger partial charge is 0.362 e. The van der Waals surface area contributed by atoms with E-state index in [0.717, 1.165) is 25.8 Å². The Bertz CT molecular complexity index is 1120. The molecule has 0 saturated carbocycles. The fourth-order valence-electron chi connectivity index (χ4n) is 4.00. The predicted octanol–water partition coefficient (Wildman–Crippen LogP) is 4.50. The zero-order valence-electron chi connectivity index (χ0n) is 15.3. The van der Waals surface area contributed by atoms with Gasteiger partial charge in [0.1, 0.15) is 18.0 Å². The molecule has 1 aliphatic rings. The third-order valence-electron chi connectivity index (χ3n) is 5.36. The smallest absolute Gasteiger partial charge is 0.140 e. The molecule has 2 aromatic carbocycles. The number of hydrogen-bond donors (Lipinski definition) is 1. The second-order valence-electron chi connectivity index (χ2n) is 7.14. The van der Waals surface area contributed by atoms with Crippen molar-refractivity contribution in [1.29, 1.82) is 0 Å². The van der Waals surface area contributed by atoms with Gasteiger partial charge in [-0.2, -0.15) is 5.10 Å². The van der Waals surface area contributed by atoms with Gasteiger partial charge in [0.15, 0.2) is 0 Å². The molecule has 4 aromatic rings. The van der Waals surface area contributed by atoms with Gasteiger partial charge in [-0.05, 0) is 37.0 Å². The molecule has 2 aromatic heterocycles. The van der Waals surface area contributed by atoms with E-state index in [1.54, 1.807) is 12.1 Å². The lowest BCUT2D eigenvalue weighted by Crippen LogP contribution is -2.19. The molecule has 28 heavy (non-hydrogen) atoms. The molecule has 6 heteroatoms. The summed E-state index contributed by atoms with van der Waals surface area (Å²) in [5, 5.41) is 8.53. The molecule has 1 N–H and O–H groups in total. The minimum absolute atomic E-state index is 0.0611. The van der Waals surface area contributed by atoms with Crippen LogP contribution >= 0.6 is 0 Å². The SMILES string of the molecule is Fc1cccc2ncnc(NC3CCCc4c3cnn4Cc3ccccc3)c12. The Morgan fingerprint density at radius 1 is 1.07 bits per heavy atom. The topological polar surface area (TPSA) is 55.6 Å². The number of anilines is 1. The minimum Gasteiger partial charge on any atom is -0.362 e. The first-order valence-corrected chi connectivity index (χ1v) is 9.54. The van der Waals surface area contributed by atoms with Gasteiger partial charge in [0, 0.05) is 11.3 Å². The molecule has 1 unspecified atom stereocenters. The van der Waals surface area contributed by atoms with Crippen molar-refractivity contribution in [1.82, 2.24) is 19.7 Å². The van der Waals surface area contributed by atoms with Gasteiger partial charge in [0.2, 0.25) is 0 Å². The molecule has 0 amide bonds. The average Bonchev–Trinajstić information content (AvgIpc) is 3.13. The number of nitrogens with zero attached hydrogens (tertiary/aromatic N) is 4. The van der Waals surface area contributed by atoms with Crippen LogP contribution in [0.3, 0.4) is 0 Å². The lowest BCUT2D eigenvalue weighted by atomic mass is 9.92. The second-order valence-corrected chi connectivity index (χ2v) is 7.14. The molecule has 0 saturated heterocycles. The van der Waals surface area contributed by atoms with E-state index in [1.807, 2.05) is 24.4 Å². The highest BCUT2D eigenvalue weighted by molar-refractivity contribution is 5.89. The van der Waals surface area contributed by atoms with Crippen LogP contribution in [-0.2, 0) is 13.0 Å². The van der Waals surface area contributed by atoms with E-state index in [-0.39, 0.29) is 11.9 Å². The molecular weight excluding hydrogens is 353 g/mol. The number of halogens is 1. The van der Waals surface area contributed by atoms with Gasteiger partial charge in [-0.1, -0.05) is 36.4 Å². The highest BCUT2D eigenvalue weighted by Gasteiger charge is 2.25. The summed E-state index contributed by atoms with van der Waals surface area (Å²) in [6, 6.07) is 15.3. The number of hydrogen-bond acceptors (Lipinski definition) is 4. The van der Waals surface area contributed by atoms with Gasteiger partial charge in [-0.25, -0.2) is 14.4 Å². The lowest BCUT2D eigenvalue weighted by molar-refractivity contribution is 0.555. The van der Waals surface area contributed by atoms with Crippen LogP contribution in [0.15, 0.2) is 61.1 Å². The van der Waals surface area contributed by atoms with E-state index in [2.05, 4.69) is 37.2 Å². The first-order valence-electron chi connectivity index (χ1n) is 9.54. The van der Waals surface area contributed by atoms with E-state index in [0.29, 0.717) is 16.7 Å². The van der Waals surface area contributed by atoms with Crippen LogP contribution < -0.4 is 5.32 Å². The molecule has 0 spiro atoms. The van der Waals surface area contributed by atoms with E-state index in [1.165, 1.54) is 29.2 Å². The monoisotopic (exact) mass is 373 g/mol. The van der Waals surface area contributed by atoms with Gasteiger partial charge < -0.3 is 5.32 Å². The molecule has 1 atom stereocenters. The molecule has 0 radical (unpaired) electrons. The Balaban J connectivity index is 1.47. The summed E-state index contributed by atoms with van der Waals surface area (Å²) in [4.78, 5) is 8.50. The van der Waals surface area contributed by atoms with Crippen LogP contribution in [0.1, 0.15) is 35.7 Å². The zero-order chi connectivity index (χ0) is 18.9. The number of nitrogens with one attached hydrogen (secondary N) is 1. The summed E-state index contributed by atoms with van der Waals surface area (Å²) in [5.74, 6) is 0.230. The molecule has 140 valence electrons. The van der Waals surface area contributed by atoms with Gasteiger partial charge >= 0.3 is 0 Å². The molecule has 1 aliphatic carbocycles. The summed E-state index contributed by atoms with van der Waals surface area (Å²) in [6.45, 7) is 0.758. The summed E-state index contributed by atoms with van der Waals surface area (Å²) in [5.41, 5.74) is 4.25. The van der Waals surface area contributed by atoms with E-state index < -0.39 is 0 Å². The second kappa shape index (κ2) is 7.03. The summed E-state index contributed by atoms with van der Waals surface area (Å²) in [7, 11) is 0. The Morgan fingerprint density at radius 3 is 2.86 bits per heavy atom. The van der Waals surface area contributed by atoms with Gasteiger partial charge in [0.05, 0.1) is 29.7 Å². The molecular formula is C22H20FN5. The van der Waals surface area contributed by atoms with E-state index in [4.69, 9.17) is 0 Å². The summed E-state index contributed by atoms with van der Waals surface area (Å²) >= 11 is 0. The highest BCUT2D eigenvalue weighted by atomic mass is 19.1. The van der Waals surface area contributed by atoms with Crippen molar-refractivity contribution < 1.29 is 4.39 Å². The third-order valence-corrected chi connectivity index (χ3v) is 5.36. The lowest BCUT2D eigenvalue weighted by Gasteiger charge is -2.25. The van der Waals surface area contributed by atoms with Crippen LogP contribution in [0.5, 0.6) is 0 Å². The Hall–Kier alpha value is -3.28. The van der Waals surface area contributed by atoms with Gasteiger partial charge in [-0.15, -0.1) is 0 Å². The van der Waals surface area contributed by atoms with Crippen LogP contribution in [0.25, 0.3) is 10.9 Å². The number of benzene rings is 2. The van der Waals surface area contributed by atoms with Crippen molar-refractivity contribution in [3.63, 3.8) is 0 Å². The Kier molecular flexibility index (Phi) is 4.24. The average molecular weight is 373 g/mol. The maximum atomic E-state index is 14.4. The van der Waals surface area contributed by atoms with Crippen LogP contribution in [0, 0.1) is 5.82 Å². The predicted molar refractivity (Wildman–Crippen MR) is 107 cm³/mol. The standard InChI is InChI=1S/C22H20FN5/c23-17-8-4-10-19-21(17)22(25-14-24-19)27-18-9-5-11-20-16(18)12-26-28(20)13-15-6-2-1-3-7-15/h1-4,6-8,10,12,14,18H,5,9,11,13H2,(H,24,25,27). The van der Waals surface area contributed by atoms with Crippen LogP contribution in [0.4, 0.5) is 10.2 Å². The number of fused-ring (bicyclic) bond motifs is 2. The molecule has 0 fully saturated rings. The normalized spacial score (nSPS) is 16.1. The number of rotatable bonds is 4. The Labute approximate surface area is 162 Å². The van der Waals surface area contributed by atoms with Crippen molar-refractivity contribution in [2.45, 2.75) is 31.8 Å². The molecule has 0 aliphatic heterocycles. The van der Waals surface area contributed by atoms with Crippen molar-refractivity contribution in [3.05, 3.63) is 83.7 Å². The first kappa shape index (κ1) is 16.9. The minimum atomic E-state index is -0.309. The van der Waals surface area contributed by atoms with Crippen LogP contribution in [0.2, 0.25) is 0 Å². The van der Waals surface area contributed by atoms with E-state index in [9.17, 15) is 4.39 Å². The fourth-order valence-corrected chi connectivity index (χ4v) is 4.00. The first-order chi connectivity index (χ1) is 13.8. The number of aromatic nitrogens is 4. The van der Waals surface area contributed by atoms with Gasteiger partial charge in [-0.3, -0.25) is 4.68 Å². The third kappa shape index (κ3) is 3.01. The van der Waals surface area contributed by atoms with Crippen molar-refractivity contribution in [2.24, 2.45) is 0 Å². The maximum Gasteiger partial charge on any atom is 0.140 e. The molecule has 2 heterocycles. The quantitative estimate of drug-likeness (QED) is 0.572.